The van der Waals surface area contributed by atoms with Crippen molar-refractivity contribution < 1.29 is 23.7 Å². The highest BCUT2D eigenvalue weighted by Crippen LogP contribution is 2.31. The van der Waals surface area contributed by atoms with E-state index < -0.39 is 21.9 Å². The van der Waals surface area contributed by atoms with Gasteiger partial charge in [0.25, 0.3) is 16.8 Å². The fourth-order valence-electron chi connectivity index (χ4n) is 2.69. The van der Waals surface area contributed by atoms with E-state index in [1.165, 1.54) is 54.6 Å². The first-order valence-corrected chi connectivity index (χ1v) is 9.66. The molecule has 3 rings (SSSR count). The van der Waals surface area contributed by atoms with E-state index >= 15 is 0 Å². The van der Waals surface area contributed by atoms with Crippen molar-refractivity contribution in [3.63, 3.8) is 0 Å². The summed E-state index contributed by atoms with van der Waals surface area (Å²) in [6.07, 6.45) is 1.53. The molecule has 1 fully saturated rings. The van der Waals surface area contributed by atoms with Gasteiger partial charge in [-0.15, -0.1) is 0 Å². The summed E-state index contributed by atoms with van der Waals surface area (Å²) in [5.74, 6) is -1.21. The summed E-state index contributed by atoms with van der Waals surface area (Å²) < 4.78 is 13.0. The number of non-ortho nitro benzene ring substituents is 1. The van der Waals surface area contributed by atoms with Gasteiger partial charge in [0.05, 0.1) is 16.2 Å². The van der Waals surface area contributed by atoms with Crippen LogP contribution in [0.2, 0.25) is 0 Å². The Bertz CT molecular complexity index is 1020. The molecule has 1 saturated heterocycles. The van der Waals surface area contributed by atoms with Gasteiger partial charge in [0.15, 0.2) is 0 Å². The minimum atomic E-state index is -0.523. The number of halogens is 1. The molecular weight excluding hydrogens is 413 g/mol. The third-order valence-corrected chi connectivity index (χ3v) is 5.12. The van der Waals surface area contributed by atoms with Crippen LogP contribution in [0, 0.1) is 15.9 Å². The number of benzene rings is 2. The molecule has 1 N–H and O–H groups in total. The second-order valence-corrected chi connectivity index (χ2v) is 7.33. The molecule has 0 unspecified atom stereocenters. The summed E-state index contributed by atoms with van der Waals surface area (Å²) in [4.78, 5) is 47.9. The van der Waals surface area contributed by atoms with Crippen molar-refractivity contribution in [3.05, 3.63) is 80.5 Å². The largest absolute Gasteiger partial charge is 0.354 e. The molecular formula is C20H16FN3O5S. The molecule has 1 heterocycles. The van der Waals surface area contributed by atoms with Gasteiger partial charge < -0.3 is 5.32 Å². The Morgan fingerprint density at radius 1 is 1.13 bits per heavy atom. The Kier molecular flexibility index (Phi) is 6.58. The van der Waals surface area contributed by atoms with Crippen LogP contribution in [0.1, 0.15) is 11.1 Å². The van der Waals surface area contributed by atoms with Crippen LogP contribution in [0.3, 0.4) is 0 Å². The van der Waals surface area contributed by atoms with Gasteiger partial charge in [-0.25, -0.2) is 4.39 Å². The number of hydrogen-bond donors (Lipinski definition) is 1. The molecule has 0 atom stereocenters. The van der Waals surface area contributed by atoms with Crippen LogP contribution in [0.15, 0.2) is 53.4 Å². The van der Waals surface area contributed by atoms with Gasteiger partial charge >= 0.3 is 0 Å². The summed E-state index contributed by atoms with van der Waals surface area (Å²) in [6.45, 7) is 0.0884. The number of hydrogen-bond acceptors (Lipinski definition) is 6. The van der Waals surface area contributed by atoms with Crippen LogP contribution < -0.4 is 5.32 Å². The van der Waals surface area contributed by atoms with E-state index in [9.17, 15) is 28.9 Å². The molecule has 0 radical (unpaired) electrons. The molecule has 0 aliphatic carbocycles. The number of imide groups is 1. The molecule has 2 aromatic rings. The lowest BCUT2D eigenvalue weighted by molar-refractivity contribution is -0.384. The highest BCUT2D eigenvalue weighted by atomic mass is 32.2. The van der Waals surface area contributed by atoms with Crippen LogP contribution in [-0.2, 0) is 16.0 Å². The highest BCUT2D eigenvalue weighted by molar-refractivity contribution is 8.18. The molecule has 0 aromatic heterocycles. The van der Waals surface area contributed by atoms with E-state index in [0.717, 1.165) is 16.7 Å². The lowest BCUT2D eigenvalue weighted by Crippen LogP contribution is -2.37. The average Bonchev–Trinajstić information content (AvgIpc) is 2.97. The Hall–Kier alpha value is -3.53. The molecule has 1 aliphatic rings. The second-order valence-electron chi connectivity index (χ2n) is 6.34. The maximum atomic E-state index is 13.0. The lowest BCUT2D eigenvalue weighted by Gasteiger charge is -2.13. The number of carbonyl (C=O) groups is 3. The molecule has 2 aromatic carbocycles. The van der Waals surface area contributed by atoms with Crippen molar-refractivity contribution in [2.75, 3.05) is 13.1 Å². The van der Waals surface area contributed by atoms with Gasteiger partial charge in [0.1, 0.15) is 5.82 Å². The summed E-state index contributed by atoms with van der Waals surface area (Å²) >= 11 is 0.783. The molecule has 0 spiro atoms. The normalized spacial score (nSPS) is 15.0. The topological polar surface area (TPSA) is 110 Å². The predicted octanol–water partition coefficient (Wildman–Crippen LogP) is 3.13. The number of amides is 3. The Morgan fingerprint density at radius 3 is 2.43 bits per heavy atom. The molecule has 8 nitrogen and oxygen atoms in total. The quantitative estimate of drug-likeness (QED) is 0.411. The molecule has 1 aliphatic heterocycles. The van der Waals surface area contributed by atoms with Crippen molar-refractivity contribution in [2.24, 2.45) is 0 Å². The van der Waals surface area contributed by atoms with E-state index in [1.807, 2.05) is 0 Å². The highest BCUT2D eigenvalue weighted by Gasteiger charge is 2.34. The fourth-order valence-corrected chi connectivity index (χ4v) is 3.56. The van der Waals surface area contributed by atoms with Crippen LogP contribution >= 0.6 is 11.8 Å². The summed E-state index contributed by atoms with van der Waals surface area (Å²) in [6, 6.07) is 11.1. The Balaban J connectivity index is 1.51. The van der Waals surface area contributed by atoms with Crippen LogP contribution in [0.4, 0.5) is 14.9 Å². The van der Waals surface area contributed by atoms with Crippen LogP contribution in [0.25, 0.3) is 6.08 Å². The number of thioether (sulfide) groups is 1. The van der Waals surface area contributed by atoms with E-state index in [4.69, 9.17) is 0 Å². The number of nitro benzene ring substituents is 1. The van der Waals surface area contributed by atoms with Crippen molar-refractivity contribution >= 4 is 40.6 Å². The van der Waals surface area contributed by atoms with Gasteiger partial charge in [0, 0.05) is 25.2 Å². The number of nitrogens with one attached hydrogen (secondary N) is 1. The maximum Gasteiger partial charge on any atom is 0.293 e. The monoisotopic (exact) mass is 429 g/mol. The van der Waals surface area contributed by atoms with E-state index in [0.29, 0.717) is 11.1 Å². The summed E-state index contributed by atoms with van der Waals surface area (Å²) in [5.41, 5.74) is 1.14. The Morgan fingerprint density at radius 2 is 1.80 bits per heavy atom. The molecule has 3 amide bonds. The summed E-state index contributed by atoms with van der Waals surface area (Å²) in [7, 11) is 0. The first kappa shape index (κ1) is 21.2. The van der Waals surface area contributed by atoms with Gasteiger partial charge in [0.2, 0.25) is 5.91 Å². The molecule has 30 heavy (non-hydrogen) atoms. The van der Waals surface area contributed by atoms with Crippen molar-refractivity contribution in [2.45, 2.75) is 6.42 Å². The third-order valence-electron chi connectivity index (χ3n) is 4.21. The average molecular weight is 429 g/mol. The van der Waals surface area contributed by atoms with Gasteiger partial charge in [-0.2, -0.15) is 0 Å². The lowest BCUT2D eigenvalue weighted by atomic mass is 10.1. The van der Waals surface area contributed by atoms with Gasteiger partial charge in [-0.05, 0) is 41.1 Å². The Labute approximate surface area is 174 Å². The van der Waals surface area contributed by atoms with Gasteiger partial charge in [-0.3, -0.25) is 29.4 Å². The van der Waals surface area contributed by atoms with Crippen LogP contribution in [0.5, 0.6) is 0 Å². The predicted molar refractivity (Wildman–Crippen MR) is 109 cm³/mol. The zero-order chi connectivity index (χ0) is 21.7. The molecule has 0 saturated carbocycles. The fraction of sp³-hybridized carbons (Fsp3) is 0.150. The SMILES string of the molecule is O=C(Cc1ccc([N+](=O)[O-])cc1)NCCN1C(=O)S/C(=C\c2ccc(F)cc2)C1=O. The molecule has 154 valence electrons. The number of nitrogens with zero attached hydrogens (tertiary/aromatic N) is 2. The minimum Gasteiger partial charge on any atom is -0.354 e. The van der Waals surface area contributed by atoms with Crippen molar-refractivity contribution in [3.8, 4) is 0 Å². The number of rotatable bonds is 7. The number of nitro groups is 1. The van der Waals surface area contributed by atoms with Gasteiger partial charge in [-0.1, -0.05) is 24.3 Å². The second kappa shape index (κ2) is 9.31. The first-order valence-electron chi connectivity index (χ1n) is 8.84. The molecule has 0 bridgehead atoms. The van der Waals surface area contributed by atoms with E-state index in [1.54, 1.807) is 0 Å². The van der Waals surface area contributed by atoms with E-state index in [2.05, 4.69) is 5.32 Å². The van der Waals surface area contributed by atoms with Crippen LogP contribution in [-0.4, -0.2) is 40.0 Å². The minimum absolute atomic E-state index is 0.0113. The number of carbonyl (C=O) groups excluding carboxylic acids is 3. The summed E-state index contributed by atoms with van der Waals surface area (Å²) in [5, 5.41) is 12.8. The third kappa shape index (κ3) is 5.29. The zero-order valence-electron chi connectivity index (χ0n) is 15.5. The maximum absolute atomic E-state index is 13.0. The smallest absolute Gasteiger partial charge is 0.293 e. The van der Waals surface area contributed by atoms with Crippen molar-refractivity contribution in [1.82, 2.24) is 10.2 Å². The standard InChI is InChI=1S/C20H16FN3O5S/c21-15-5-1-13(2-6-15)11-17-19(26)23(20(27)30-17)10-9-22-18(25)12-14-3-7-16(8-4-14)24(28)29/h1-8,11H,9-10,12H2,(H,22,25)/b17-11-. The van der Waals surface area contributed by atoms with E-state index in [-0.39, 0.29) is 36.0 Å². The first-order chi connectivity index (χ1) is 14.3. The molecule has 10 heteroatoms. The van der Waals surface area contributed by atoms with Crippen molar-refractivity contribution in [1.29, 1.82) is 0 Å². The zero-order valence-corrected chi connectivity index (χ0v) is 16.4.